The molecule has 0 aliphatic carbocycles. The summed E-state index contributed by atoms with van der Waals surface area (Å²) >= 11 is 31.9. The second-order valence-electron chi connectivity index (χ2n) is 9.45. The SMILES string of the molecule is CCCCCC[N+]([S-])(CCCCCC)C(=S)[S-].CCCCCC[N+]([S-])(CCCCCC)C(=S)[S-].[Zn+2]. The Labute approximate surface area is 265 Å². The third kappa shape index (κ3) is 23.5. The minimum Gasteiger partial charge on any atom is -0.489 e. The van der Waals surface area contributed by atoms with Crippen LogP contribution in [0.15, 0.2) is 0 Å². The first-order chi connectivity index (χ1) is 16.1. The second-order valence-corrected chi connectivity index (χ2v) is 12.9. The fourth-order valence-electron chi connectivity index (χ4n) is 3.76. The van der Waals surface area contributed by atoms with Crippen molar-refractivity contribution in [2.75, 3.05) is 26.2 Å². The van der Waals surface area contributed by atoms with Crippen LogP contribution < -0.4 is 0 Å². The Balaban J connectivity index is -0.000000569. The molecule has 0 aliphatic rings. The van der Waals surface area contributed by atoms with Crippen molar-refractivity contribution in [1.82, 2.24) is 0 Å². The van der Waals surface area contributed by atoms with Crippen LogP contribution in [0.25, 0.3) is 0 Å². The van der Waals surface area contributed by atoms with Gasteiger partial charge in [-0.2, -0.15) is 0 Å². The predicted molar refractivity (Wildman–Crippen MR) is 171 cm³/mol. The molecule has 0 fully saturated rings. The third-order valence-electron chi connectivity index (χ3n) is 6.16. The molecule has 35 heavy (non-hydrogen) atoms. The average molecular weight is 651 g/mol. The second kappa shape index (κ2) is 27.4. The van der Waals surface area contributed by atoms with Crippen molar-refractivity contribution in [2.45, 2.75) is 130 Å². The van der Waals surface area contributed by atoms with Gasteiger partial charge in [0.05, 0.1) is 26.2 Å². The van der Waals surface area contributed by atoms with Crippen LogP contribution in [0.5, 0.6) is 0 Å². The number of hydrogen-bond donors (Lipinski definition) is 0. The Kier molecular flexibility index (Phi) is 32.4. The minimum atomic E-state index is 0. The summed E-state index contributed by atoms with van der Waals surface area (Å²) in [6, 6.07) is 0. The molecule has 0 aromatic rings. The zero-order chi connectivity index (χ0) is 26.3. The molecule has 204 valence electrons. The van der Waals surface area contributed by atoms with Gasteiger partial charge in [-0.3, -0.25) is 0 Å². The summed E-state index contributed by atoms with van der Waals surface area (Å²) in [6.07, 6.45) is 19.8. The number of unbranched alkanes of at least 4 members (excludes halogenated alkanes) is 12. The van der Waals surface area contributed by atoms with Crippen molar-refractivity contribution in [2.24, 2.45) is 0 Å². The van der Waals surface area contributed by atoms with E-state index in [1.807, 2.05) is 0 Å². The molecule has 0 spiro atoms. The summed E-state index contributed by atoms with van der Waals surface area (Å²) < 4.78 is 1.96. The largest absolute Gasteiger partial charge is 2.00 e. The normalized spacial score (nSPS) is 11.4. The van der Waals surface area contributed by atoms with Crippen LogP contribution in [0.2, 0.25) is 0 Å². The van der Waals surface area contributed by atoms with E-state index in [0.717, 1.165) is 51.9 Å². The molecule has 0 amide bonds. The van der Waals surface area contributed by atoms with Crippen LogP contribution >= 0.6 is 24.4 Å². The molecule has 0 bridgehead atoms. The van der Waals surface area contributed by atoms with E-state index in [2.05, 4.69) is 27.7 Å². The topological polar surface area (TPSA) is 0 Å². The van der Waals surface area contributed by atoms with E-state index in [4.69, 9.17) is 75.3 Å². The van der Waals surface area contributed by atoms with Gasteiger partial charge in [-0.05, 0) is 51.4 Å². The summed E-state index contributed by atoms with van der Waals surface area (Å²) in [5.41, 5.74) is 0. The van der Waals surface area contributed by atoms with E-state index in [1.165, 1.54) is 77.0 Å². The zero-order valence-electron chi connectivity index (χ0n) is 23.2. The molecule has 0 aliphatic heterocycles. The van der Waals surface area contributed by atoms with Gasteiger partial charge in [-0.25, -0.2) is 0 Å². The van der Waals surface area contributed by atoms with Crippen LogP contribution in [-0.4, -0.2) is 42.6 Å². The average Bonchev–Trinajstić information content (AvgIpc) is 2.80. The zero-order valence-corrected chi connectivity index (χ0v) is 31.1. The van der Waals surface area contributed by atoms with Gasteiger partial charge in [-0.15, -0.1) is 0 Å². The van der Waals surface area contributed by atoms with Crippen molar-refractivity contribution in [1.29, 1.82) is 0 Å². The maximum absolute atomic E-state index is 5.62. The van der Waals surface area contributed by atoms with Gasteiger partial charge >= 0.3 is 19.5 Å². The van der Waals surface area contributed by atoms with Gasteiger partial charge in [0.25, 0.3) is 0 Å². The summed E-state index contributed by atoms with van der Waals surface area (Å²) in [4.78, 5) is 0. The Morgan fingerprint density at radius 3 is 0.800 bits per heavy atom. The first-order valence-electron chi connectivity index (χ1n) is 13.7. The van der Waals surface area contributed by atoms with Gasteiger partial charge < -0.3 is 83.1 Å². The standard InChI is InChI=1S/2C13H27NS3.Zn/c2*1-3-5-7-9-11-14(17,13(15)16)12-10-8-6-4-2;/h2*3-12H2,1-2H3,(H,15,16);/q;;+2/p-2. The van der Waals surface area contributed by atoms with Crippen molar-refractivity contribution in [3.05, 3.63) is 0 Å². The molecule has 9 heteroatoms. The fourth-order valence-corrected chi connectivity index (χ4v) is 5.01. The van der Waals surface area contributed by atoms with Crippen molar-refractivity contribution in [3.63, 3.8) is 0 Å². The van der Waals surface area contributed by atoms with Crippen molar-refractivity contribution in [3.8, 4) is 0 Å². The van der Waals surface area contributed by atoms with Crippen molar-refractivity contribution < 1.29 is 27.3 Å². The smallest absolute Gasteiger partial charge is 0.489 e. The van der Waals surface area contributed by atoms with E-state index in [0.29, 0.717) is 16.4 Å². The van der Waals surface area contributed by atoms with Gasteiger partial charge in [0, 0.05) is 8.64 Å². The van der Waals surface area contributed by atoms with Crippen LogP contribution in [0.4, 0.5) is 0 Å². The first-order valence-corrected chi connectivity index (χ1v) is 16.1. The van der Waals surface area contributed by atoms with E-state index in [1.54, 1.807) is 0 Å². The molecule has 0 rings (SSSR count). The Hall–Kier alpha value is 1.86. The number of quaternary nitrogens is 2. The van der Waals surface area contributed by atoms with Gasteiger partial charge in [0.15, 0.2) is 0 Å². The predicted octanol–water partition coefficient (Wildman–Crippen LogP) is 8.51. The molecule has 0 aromatic carbocycles. The monoisotopic (exact) mass is 648 g/mol. The molecule has 2 nitrogen and oxygen atoms in total. The van der Waals surface area contributed by atoms with E-state index >= 15 is 0 Å². The Morgan fingerprint density at radius 1 is 0.457 bits per heavy atom. The molecular weight excluding hydrogens is 598 g/mol. The summed E-state index contributed by atoms with van der Waals surface area (Å²) in [6.45, 7) is 12.7. The molecule has 0 atom stereocenters. The van der Waals surface area contributed by atoms with E-state index < -0.39 is 0 Å². The summed E-state index contributed by atoms with van der Waals surface area (Å²) in [5, 5.41) is 0. The molecular formula is C26H52N2S6Zn. The summed E-state index contributed by atoms with van der Waals surface area (Å²) in [7, 11) is 0. The molecule has 0 saturated heterocycles. The Bertz CT molecular complexity index is 440. The van der Waals surface area contributed by atoms with E-state index in [9.17, 15) is 0 Å². The molecule has 0 unspecified atom stereocenters. The van der Waals surface area contributed by atoms with Gasteiger partial charge in [0.1, 0.15) is 0 Å². The number of hydrogen-bond acceptors (Lipinski definition) is 6. The molecule has 0 radical (unpaired) electrons. The maximum atomic E-state index is 5.62. The van der Waals surface area contributed by atoms with Gasteiger partial charge in [-0.1, -0.05) is 79.1 Å². The fraction of sp³-hybridized carbons (Fsp3) is 0.923. The summed E-state index contributed by atoms with van der Waals surface area (Å²) in [5.74, 6) is 0. The third-order valence-corrected chi connectivity index (χ3v) is 9.11. The molecule has 0 N–H and O–H groups in total. The Morgan fingerprint density at radius 2 is 0.657 bits per heavy atom. The van der Waals surface area contributed by atoms with Crippen LogP contribution in [0.1, 0.15) is 130 Å². The molecule has 0 saturated carbocycles. The van der Waals surface area contributed by atoms with E-state index in [-0.39, 0.29) is 19.5 Å². The number of rotatable bonds is 20. The van der Waals surface area contributed by atoms with Crippen LogP contribution in [-0.2, 0) is 70.4 Å². The molecule has 0 heterocycles. The van der Waals surface area contributed by atoms with Crippen LogP contribution in [0, 0.1) is 0 Å². The quantitative estimate of drug-likeness (QED) is 0.0423. The minimum absolute atomic E-state index is 0. The van der Waals surface area contributed by atoms with Gasteiger partial charge in [0.2, 0.25) is 0 Å². The number of nitrogens with zero attached hydrogens (tertiary/aromatic N) is 2. The first kappa shape index (κ1) is 41.3. The van der Waals surface area contributed by atoms with Crippen molar-refractivity contribution >= 4 is 84.0 Å². The van der Waals surface area contributed by atoms with Crippen LogP contribution in [0.3, 0.4) is 0 Å². The molecule has 0 aromatic heterocycles. The maximum Gasteiger partial charge on any atom is 2.00 e. The number of thiocarbonyl (C=S) groups is 2.